The summed E-state index contributed by atoms with van der Waals surface area (Å²) in [7, 11) is 0. The van der Waals surface area contributed by atoms with E-state index in [-0.39, 0.29) is 18.4 Å². The minimum atomic E-state index is -0.106. The molecular formula is C16H16N2O2. The molecule has 4 nitrogen and oxygen atoms in total. The molecule has 1 aromatic heterocycles. The Balaban J connectivity index is 1.67. The van der Waals surface area contributed by atoms with E-state index in [4.69, 9.17) is 0 Å². The van der Waals surface area contributed by atoms with E-state index in [9.17, 15) is 9.90 Å². The number of anilines is 1. The molecule has 2 aromatic rings. The second-order valence-corrected chi connectivity index (χ2v) is 5.04. The molecule has 1 aliphatic rings. The second kappa shape index (κ2) is 5.43. The van der Waals surface area contributed by atoms with E-state index in [1.54, 1.807) is 18.5 Å². The van der Waals surface area contributed by atoms with Crippen LogP contribution in [0, 0.1) is 5.92 Å². The Morgan fingerprint density at radius 3 is 2.85 bits per heavy atom. The number of carbonyl (C=O) groups is 1. The van der Waals surface area contributed by atoms with Crippen LogP contribution < -0.4 is 5.32 Å². The van der Waals surface area contributed by atoms with Gasteiger partial charge in [-0.1, -0.05) is 30.3 Å². The average Bonchev–Trinajstić information content (AvgIpc) is 3.29. The van der Waals surface area contributed by atoms with Crippen molar-refractivity contribution in [1.29, 1.82) is 0 Å². The number of carbonyl (C=O) groups excluding carboxylic acids is 1. The normalized spacial score (nSPS) is 20.4. The van der Waals surface area contributed by atoms with Gasteiger partial charge in [-0.05, 0) is 24.0 Å². The molecule has 2 atom stereocenters. The molecule has 1 aliphatic carbocycles. The van der Waals surface area contributed by atoms with Crippen molar-refractivity contribution in [2.45, 2.75) is 18.9 Å². The van der Waals surface area contributed by atoms with Crippen LogP contribution in [0.2, 0.25) is 0 Å². The van der Waals surface area contributed by atoms with E-state index in [2.05, 4.69) is 22.4 Å². The molecule has 3 rings (SSSR count). The van der Waals surface area contributed by atoms with Crippen molar-refractivity contribution in [3.8, 4) is 0 Å². The predicted octanol–water partition coefficient (Wildman–Crippen LogP) is 2.32. The first-order chi connectivity index (χ1) is 9.79. The van der Waals surface area contributed by atoms with Crippen molar-refractivity contribution in [3.63, 3.8) is 0 Å². The number of amides is 1. The van der Waals surface area contributed by atoms with Gasteiger partial charge in [0.1, 0.15) is 0 Å². The zero-order valence-electron chi connectivity index (χ0n) is 11.0. The van der Waals surface area contributed by atoms with Gasteiger partial charge in [-0.25, -0.2) is 0 Å². The average molecular weight is 268 g/mol. The molecule has 20 heavy (non-hydrogen) atoms. The molecule has 0 radical (unpaired) electrons. The second-order valence-electron chi connectivity index (χ2n) is 5.04. The summed E-state index contributed by atoms with van der Waals surface area (Å²) >= 11 is 0. The lowest BCUT2D eigenvalue weighted by molar-refractivity contribution is -0.117. The van der Waals surface area contributed by atoms with E-state index in [1.165, 1.54) is 5.56 Å². The molecule has 1 heterocycles. The van der Waals surface area contributed by atoms with Crippen LogP contribution in [0.5, 0.6) is 0 Å². The quantitative estimate of drug-likeness (QED) is 0.894. The first-order valence-electron chi connectivity index (χ1n) is 6.69. The smallest absolute Gasteiger partial charge is 0.228 e. The van der Waals surface area contributed by atoms with Crippen molar-refractivity contribution in [3.05, 3.63) is 59.9 Å². The number of pyridine rings is 1. The Labute approximate surface area is 117 Å². The van der Waals surface area contributed by atoms with Gasteiger partial charge in [0.15, 0.2) is 0 Å². The Bertz CT molecular complexity index is 613. The molecule has 1 aromatic carbocycles. The number of nitrogens with one attached hydrogen (secondary N) is 1. The summed E-state index contributed by atoms with van der Waals surface area (Å²) in [4.78, 5) is 16.2. The Morgan fingerprint density at radius 1 is 1.30 bits per heavy atom. The Hall–Kier alpha value is -2.20. The Morgan fingerprint density at radius 2 is 2.10 bits per heavy atom. The summed E-state index contributed by atoms with van der Waals surface area (Å²) in [5.74, 6) is 0.330. The summed E-state index contributed by atoms with van der Waals surface area (Å²) in [6, 6.07) is 11.8. The molecule has 0 aliphatic heterocycles. The number of hydrogen-bond acceptors (Lipinski definition) is 3. The van der Waals surface area contributed by atoms with Crippen molar-refractivity contribution >= 4 is 11.6 Å². The van der Waals surface area contributed by atoms with Crippen molar-refractivity contribution in [2.24, 2.45) is 5.92 Å². The minimum Gasteiger partial charge on any atom is -0.392 e. The number of nitrogens with zero attached hydrogens (tertiary/aromatic N) is 1. The molecular weight excluding hydrogens is 252 g/mol. The van der Waals surface area contributed by atoms with E-state index >= 15 is 0 Å². The van der Waals surface area contributed by atoms with Gasteiger partial charge in [-0.2, -0.15) is 0 Å². The first kappa shape index (κ1) is 12.8. The maximum absolute atomic E-state index is 12.2. The molecule has 0 saturated heterocycles. The maximum atomic E-state index is 12.2. The van der Waals surface area contributed by atoms with Gasteiger partial charge in [-0.3, -0.25) is 9.78 Å². The minimum absolute atomic E-state index is 0.00144. The zero-order chi connectivity index (χ0) is 13.9. The standard InChI is InChI=1S/C16H16N2O2/c19-10-12-6-7-17-9-15(12)18-16(20)14-8-13(14)11-4-2-1-3-5-11/h1-7,9,13-14,19H,8,10H2,(H,18,20). The van der Waals surface area contributed by atoms with Crippen LogP contribution in [-0.4, -0.2) is 16.0 Å². The predicted molar refractivity (Wildman–Crippen MR) is 76.1 cm³/mol. The van der Waals surface area contributed by atoms with Crippen LogP contribution in [0.1, 0.15) is 23.5 Å². The molecule has 1 saturated carbocycles. The molecule has 2 unspecified atom stereocenters. The van der Waals surface area contributed by atoms with Gasteiger partial charge < -0.3 is 10.4 Å². The molecule has 102 valence electrons. The summed E-state index contributed by atoms with van der Waals surface area (Å²) in [6.45, 7) is -0.106. The third-order valence-corrected chi connectivity index (χ3v) is 3.69. The van der Waals surface area contributed by atoms with Crippen molar-refractivity contribution in [2.75, 3.05) is 5.32 Å². The van der Waals surface area contributed by atoms with Crippen molar-refractivity contribution < 1.29 is 9.90 Å². The number of aliphatic hydroxyl groups excluding tert-OH is 1. The fraction of sp³-hybridized carbons (Fsp3) is 0.250. The Kier molecular flexibility index (Phi) is 3.48. The highest BCUT2D eigenvalue weighted by Crippen LogP contribution is 2.47. The fourth-order valence-electron chi connectivity index (χ4n) is 2.45. The summed E-state index contributed by atoms with van der Waals surface area (Å²) in [5.41, 5.74) is 2.49. The lowest BCUT2D eigenvalue weighted by Gasteiger charge is -2.08. The first-order valence-corrected chi connectivity index (χ1v) is 6.69. The van der Waals surface area contributed by atoms with Gasteiger partial charge in [-0.15, -0.1) is 0 Å². The highest BCUT2D eigenvalue weighted by atomic mass is 16.3. The van der Waals surface area contributed by atoms with E-state index < -0.39 is 0 Å². The van der Waals surface area contributed by atoms with E-state index in [0.29, 0.717) is 17.2 Å². The van der Waals surface area contributed by atoms with Gasteiger partial charge >= 0.3 is 0 Å². The SMILES string of the molecule is O=C(Nc1cnccc1CO)C1CC1c1ccccc1. The molecule has 1 fully saturated rings. The molecule has 1 amide bonds. The van der Waals surface area contributed by atoms with Gasteiger partial charge in [0, 0.05) is 17.7 Å². The van der Waals surface area contributed by atoms with Crippen LogP contribution in [0.3, 0.4) is 0 Å². The monoisotopic (exact) mass is 268 g/mol. The number of aromatic nitrogens is 1. The third-order valence-electron chi connectivity index (χ3n) is 3.69. The number of rotatable bonds is 4. The summed E-state index contributed by atoms with van der Waals surface area (Å²) < 4.78 is 0. The van der Waals surface area contributed by atoms with Gasteiger partial charge in [0.25, 0.3) is 0 Å². The molecule has 0 bridgehead atoms. The number of hydrogen-bond donors (Lipinski definition) is 2. The molecule has 4 heteroatoms. The summed E-state index contributed by atoms with van der Waals surface area (Å²) in [6.07, 6.45) is 4.05. The lowest BCUT2D eigenvalue weighted by Crippen LogP contribution is -2.16. The van der Waals surface area contributed by atoms with Crippen molar-refractivity contribution in [1.82, 2.24) is 4.98 Å². The largest absolute Gasteiger partial charge is 0.392 e. The van der Waals surface area contributed by atoms with Crippen LogP contribution in [0.25, 0.3) is 0 Å². The highest BCUT2D eigenvalue weighted by Gasteiger charge is 2.43. The highest BCUT2D eigenvalue weighted by molar-refractivity contribution is 5.95. The van der Waals surface area contributed by atoms with Crippen LogP contribution in [-0.2, 0) is 11.4 Å². The molecule has 2 N–H and O–H groups in total. The molecule has 0 spiro atoms. The summed E-state index contributed by atoms with van der Waals surface area (Å²) in [5, 5.41) is 12.1. The topological polar surface area (TPSA) is 62.2 Å². The van der Waals surface area contributed by atoms with Crippen LogP contribution in [0.4, 0.5) is 5.69 Å². The van der Waals surface area contributed by atoms with E-state index in [0.717, 1.165) is 6.42 Å². The van der Waals surface area contributed by atoms with Crippen LogP contribution in [0.15, 0.2) is 48.8 Å². The maximum Gasteiger partial charge on any atom is 0.228 e. The van der Waals surface area contributed by atoms with Crippen LogP contribution >= 0.6 is 0 Å². The number of benzene rings is 1. The zero-order valence-corrected chi connectivity index (χ0v) is 11.0. The number of aliphatic hydroxyl groups is 1. The fourth-order valence-corrected chi connectivity index (χ4v) is 2.45. The van der Waals surface area contributed by atoms with Gasteiger partial charge in [0.2, 0.25) is 5.91 Å². The van der Waals surface area contributed by atoms with E-state index in [1.807, 2.05) is 18.2 Å². The third kappa shape index (κ3) is 2.56. The lowest BCUT2D eigenvalue weighted by atomic mass is 10.1. The van der Waals surface area contributed by atoms with Gasteiger partial charge in [0.05, 0.1) is 18.5 Å².